The molecule has 0 atom stereocenters. The summed E-state index contributed by atoms with van der Waals surface area (Å²) in [5.41, 5.74) is 9.52. The van der Waals surface area contributed by atoms with E-state index in [2.05, 4.69) is 29.3 Å². The number of carbonyl (C=O) groups is 1. The molecule has 2 N–H and O–H groups in total. The number of ether oxygens (including phenoxy) is 1. The van der Waals surface area contributed by atoms with Gasteiger partial charge in [0.15, 0.2) is 0 Å². The predicted octanol–water partition coefficient (Wildman–Crippen LogP) is 4.01. The van der Waals surface area contributed by atoms with Gasteiger partial charge in [-0.2, -0.15) is 0 Å². The second-order valence-corrected chi connectivity index (χ2v) is 7.18. The number of methoxy groups -OCH3 is 1. The number of aryl methyl sites for hydroxylation is 1. The Morgan fingerprint density at radius 2 is 2.04 bits per heavy atom. The van der Waals surface area contributed by atoms with Gasteiger partial charge in [0.25, 0.3) is 0 Å². The Labute approximate surface area is 163 Å². The zero-order valence-electron chi connectivity index (χ0n) is 15.5. The number of benzene rings is 2. The average molecular weight is 382 g/mol. The Hall–Kier alpha value is -2.86. The van der Waals surface area contributed by atoms with E-state index in [0.29, 0.717) is 19.5 Å². The molecule has 0 saturated carbocycles. The Bertz CT molecular complexity index is 923. The summed E-state index contributed by atoms with van der Waals surface area (Å²) in [6.07, 6.45) is 0.303. The molecule has 2 aromatic carbocycles. The molecule has 1 aromatic heterocycles. The van der Waals surface area contributed by atoms with Crippen LogP contribution >= 0.6 is 11.3 Å². The number of carbonyl (C=O) groups excluding carboxylic acids is 1. The van der Waals surface area contributed by atoms with Crippen molar-refractivity contribution < 1.29 is 9.53 Å². The molecule has 1 amide bonds. The lowest BCUT2D eigenvalue weighted by Gasteiger charge is -2.24. The minimum atomic E-state index is -0.305. The van der Waals surface area contributed by atoms with Crippen molar-refractivity contribution in [3.05, 3.63) is 65.2 Å². The number of nitrogens with zero attached hydrogens (tertiary/aromatic N) is 2. The first kappa shape index (κ1) is 18.9. The van der Waals surface area contributed by atoms with Crippen molar-refractivity contribution in [3.63, 3.8) is 0 Å². The average Bonchev–Trinajstić information content (AvgIpc) is 3.13. The first-order valence-electron chi connectivity index (χ1n) is 8.74. The Balaban J connectivity index is 1.84. The minimum absolute atomic E-state index is 0.303. The molecule has 0 spiro atoms. The number of aromatic nitrogens is 1. The third-order valence-corrected chi connectivity index (χ3v) is 5.16. The zero-order chi connectivity index (χ0) is 19.2. The SMILES string of the molecule is COc1ccccc1-c1nc(CN(CCC(N)=O)c2cccc(C)c2)cs1. The Kier molecular flexibility index (Phi) is 6.08. The van der Waals surface area contributed by atoms with Gasteiger partial charge in [-0.1, -0.05) is 24.3 Å². The van der Waals surface area contributed by atoms with Crippen molar-refractivity contribution in [2.75, 3.05) is 18.6 Å². The summed E-state index contributed by atoms with van der Waals surface area (Å²) >= 11 is 1.59. The number of anilines is 1. The maximum absolute atomic E-state index is 11.3. The summed E-state index contributed by atoms with van der Waals surface area (Å²) in [5.74, 6) is 0.503. The lowest BCUT2D eigenvalue weighted by Crippen LogP contribution is -2.27. The molecule has 1 heterocycles. The van der Waals surface area contributed by atoms with Crippen LogP contribution in [0, 0.1) is 6.92 Å². The molecule has 6 heteroatoms. The van der Waals surface area contributed by atoms with Crippen LogP contribution in [-0.4, -0.2) is 24.5 Å². The number of hydrogen-bond acceptors (Lipinski definition) is 5. The summed E-state index contributed by atoms with van der Waals surface area (Å²) < 4.78 is 5.44. The standard InChI is InChI=1S/C21H23N3O2S/c1-15-6-5-7-17(12-15)24(11-10-20(22)25)13-16-14-27-21(23-16)18-8-3-4-9-19(18)26-2/h3-9,12,14H,10-11,13H2,1-2H3,(H2,22,25). The quantitative estimate of drug-likeness (QED) is 0.640. The molecule has 0 unspecified atom stereocenters. The van der Waals surface area contributed by atoms with Crippen molar-refractivity contribution in [2.24, 2.45) is 5.73 Å². The molecule has 140 valence electrons. The first-order chi connectivity index (χ1) is 13.1. The Morgan fingerprint density at radius 1 is 1.22 bits per heavy atom. The highest BCUT2D eigenvalue weighted by molar-refractivity contribution is 7.13. The summed E-state index contributed by atoms with van der Waals surface area (Å²) in [4.78, 5) is 18.2. The van der Waals surface area contributed by atoms with Crippen molar-refractivity contribution in [1.82, 2.24) is 4.98 Å². The van der Waals surface area contributed by atoms with Gasteiger partial charge in [0.2, 0.25) is 5.91 Å². The fourth-order valence-corrected chi connectivity index (χ4v) is 3.73. The molecule has 0 saturated heterocycles. The lowest BCUT2D eigenvalue weighted by molar-refractivity contribution is -0.117. The predicted molar refractivity (Wildman–Crippen MR) is 110 cm³/mol. The minimum Gasteiger partial charge on any atom is -0.496 e. The van der Waals surface area contributed by atoms with Crippen LogP contribution in [0.25, 0.3) is 10.6 Å². The van der Waals surface area contributed by atoms with Gasteiger partial charge in [-0.05, 0) is 36.8 Å². The first-order valence-corrected chi connectivity index (χ1v) is 9.62. The van der Waals surface area contributed by atoms with Gasteiger partial charge in [-0.25, -0.2) is 4.98 Å². The van der Waals surface area contributed by atoms with Crippen LogP contribution in [0.1, 0.15) is 17.7 Å². The smallest absolute Gasteiger partial charge is 0.219 e. The van der Waals surface area contributed by atoms with Crippen molar-refractivity contribution in [1.29, 1.82) is 0 Å². The molecular weight excluding hydrogens is 358 g/mol. The van der Waals surface area contributed by atoms with Crippen LogP contribution < -0.4 is 15.4 Å². The summed E-state index contributed by atoms with van der Waals surface area (Å²) in [7, 11) is 1.66. The van der Waals surface area contributed by atoms with E-state index in [1.165, 1.54) is 5.56 Å². The third-order valence-electron chi connectivity index (χ3n) is 4.24. The number of thiazole rings is 1. The fraction of sp³-hybridized carbons (Fsp3) is 0.238. The zero-order valence-corrected chi connectivity index (χ0v) is 16.3. The van der Waals surface area contributed by atoms with E-state index in [1.807, 2.05) is 36.4 Å². The van der Waals surface area contributed by atoms with Crippen LogP contribution in [0.15, 0.2) is 53.9 Å². The molecule has 5 nitrogen and oxygen atoms in total. The molecule has 0 radical (unpaired) electrons. The largest absolute Gasteiger partial charge is 0.496 e. The maximum Gasteiger partial charge on any atom is 0.219 e. The monoisotopic (exact) mass is 381 g/mol. The van der Waals surface area contributed by atoms with Gasteiger partial charge in [-0.3, -0.25) is 4.79 Å². The van der Waals surface area contributed by atoms with E-state index in [0.717, 1.165) is 27.7 Å². The van der Waals surface area contributed by atoms with Gasteiger partial charge in [-0.15, -0.1) is 11.3 Å². The van der Waals surface area contributed by atoms with Gasteiger partial charge in [0, 0.05) is 24.0 Å². The molecule has 0 aliphatic rings. The van der Waals surface area contributed by atoms with E-state index in [1.54, 1.807) is 18.4 Å². The number of primary amides is 1. The highest BCUT2D eigenvalue weighted by atomic mass is 32.1. The van der Waals surface area contributed by atoms with Gasteiger partial charge >= 0.3 is 0 Å². The summed E-state index contributed by atoms with van der Waals surface area (Å²) in [6, 6.07) is 16.1. The maximum atomic E-state index is 11.3. The second kappa shape index (κ2) is 8.68. The van der Waals surface area contributed by atoms with E-state index in [-0.39, 0.29) is 5.91 Å². The second-order valence-electron chi connectivity index (χ2n) is 6.32. The van der Waals surface area contributed by atoms with E-state index in [9.17, 15) is 4.79 Å². The number of hydrogen-bond donors (Lipinski definition) is 1. The molecule has 0 aliphatic heterocycles. The lowest BCUT2D eigenvalue weighted by atomic mass is 10.2. The Morgan fingerprint density at radius 3 is 2.78 bits per heavy atom. The van der Waals surface area contributed by atoms with Gasteiger partial charge < -0.3 is 15.4 Å². The molecule has 0 fully saturated rings. The van der Waals surface area contributed by atoms with Crippen molar-refractivity contribution in [2.45, 2.75) is 19.9 Å². The van der Waals surface area contributed by atoms with E-state index in [4.69, 9.17) is 15.5 Å². The van der Waals surface area contributed by atoms with Crippen molar-refractivity contribution in [3.8, 4) is 16.3 Å². The molecule has 3 rings (SSSR count). The summed E-state index contributed by atoms with van der Waals surface area (Å²) in [6.45, 7) is 3.22. The van der Waals surface area contributed by atoms with E-state index >= 15 is 0 Å². The van der Waals surface area contributed by atoms with Crippen LogP contribution in [-0.2, 0) is 11.3 Å². The number of nitrogens with two attached hydrogens (primary N) is 1. The van der Waals surface area contributed by atoms with Gasteiger partial charge in [0.05, 0.1) is 24.9 Å². The molecule has 0 aliphatic carbocycles. The molecule has 27 heavy (non-hydrogen) atoms. The highest BCUT2D eigenvalue weighted by Gasteiger charge is 2.14. The normalized spacial score (nSPS) is 10.6. The van der Waals surface area contributed by atoms with Crippen LogP contribution in [0.2, 0.25) is 0 Å². The topological polar surface area (TPSA) is 68.4 Å². The van der Waals surface area contributed by atoms with Crippen molar-refractivity contribution >= 4 is 22.9 Å². The number of rotatable bonds is 8. The fourth-order valence-electron chi connectivity index (χ4n) is 2.89. The molecule has 3 aromatic rings. The summed E-state index contributed by atoms with van der Waals surface area (Å²) in [5, 5.41) is 2.97. The number of amides is 1. The highest BCUT2D eigenvalue weighted by Crippen LogP contribution is 2.32. The van der Waals surface area contributed by atoms with E-state index < -0.39 is 0 Å². The third kappa shape index (κ3) is 4.86. The number of para-hydroxylation sites is 1. The molecule has 0 bridgehead atoms. The van der Waals surface area contributed by atoms with Crippen LogP contribution in [0.4, 0.5) is 5.69 Å². The van der Waals surface area contributed by atoms with Gasteiger partial charge in [0.1, 0.15) is 10.8 Å². The molecular formula is C21H23N3O2S. The van der Waals surface area contributed by atoms with Crippen LogP contribution in [0.5, 0.6) is 5.75 Å². The van der Waals surface area contributed by atoms with Crippen LogP contribution in [0.3, 0.4) is 0 Å².